The van der Waals surface area contributed by atoms with Gasteiger partial charge in [-0.1, -0.05) is 30.3 Å². The van der Waals surface area contributed by atoms with Crippen LogP contribution in [0.2, 0.25) is 0 Å². The summed E-state index contributed by atoms with van der Waals surface area (Å²) in [5, 5.41) is 10.1. The number of ketones is 1. The van der Waals surface area contributed by atoms with Crippen LogP contribution in [0.15, 0.2) is 30.3 Å². The minimum Gasteiger partial charge on any atom is -0.389 e. The molecule has 2 N–H and O–H groups in total. The van der Waals surface area contributed by atoms with E-state index in [-0.39, 0.29) is 5.78 Å². The van der Waals surface area contributed by atoms with Gasteiger partial charge in [0.05, 0.1) is 19.3 Å². The summed E-state index contributed by atoms with van der Waals surface area (Å²) in [5.41, 5.74) is 2.41. The number of aryl methyl sites for hydroxylation is 1. The Morgan fingerprint density at radius 3 is 2.72 bits per heavy atom. The Morgan fingerprint density at radius 1 is 1.36 bits per heavy atom. The van der Waals surface area contributed by atoms with E-state index in [2.05, 4.69) is 9.97 Å². The molecular weight excluding hydrogens is 318 g/mol. The van der Waals surface area contributed by atoms with Gasteiger partial charge in [-0.15, -0.1) is 0 Å². The van der Waals surface area contributed by atoms with E-state index in [0.717, 1.165) is 23.6 Å². The van der Waals surface area contributed by atoms with Gasteiger partial charge < -0.3 is 19.7 Å². The van der Waals surface area contributed by atoms with Gasteiger partial charge in [0.2, 0.25) is 0 Å². The molecule has 2 aromatic rings. The molecule has 0 amide bonds. The molecule has 0 radical (unpaired) electrons. The van der Waals surface area contributed by atoms with E-state index in [0.29, 0.717) is 31.9 Å². The maximum Gasteiger partial charge on any atom is 0.179 e. The molecule has 25 heavy (non-hydrogen) atoms. The SMILES string of the molecule is CC(=O)c1nc(CCN(C)C[C@@H](O)COCc2ccccc2)[nH]c1C. The first-order chi connectivity index (χ1) is 12.0. The summed E-state index contributed by atoms with van der Waals surface area (Å²) in [6, 6.07) is 9.90. The first-order valence-electron chi connectivity index (χ1n) is 8.50. The zero-order valence-electron chi connectivity index (χ0n) is 15.2. The average molecular weight is 345 g/mol. The molecule has 1 aromatic heterocycles. The van der Waals surface area contributed by atoms with Crippen LogP contribution in [0.4, 0.5) is 0 Å². The molecule has 1 aromatic carbocycles. The van der Waals surface area contributed by atoms with E-state index in [1.807, 2.05) is 49.2 Å². The molecule has 1 atom stereocenters. The van der Waals surface area contributed by atoms with Crippen LogP contribution in [0, 0.1) is 6.92 Å². The van der Waals surface area contributed by atoms with E-state index in [1.165, 1.54) is 6.92 Å². The number of carbonyl (C=O) groups is 1. The minimum absolute atomic E-state index is 0.0284. The van der Waals surface area contributed by atoms with Crippen molar-refractivity contribution in [1.82, 2.24) is 14.9 Å². The summed E-state index contributed by atoms with van der Waals surface area (Å²) in [5.74, 6) is 0.767. The quantitative estimate of drug-likeness (QED) is 0.644. The second kappa shape index (κ2) is 9.46. The van der Waals surface area contributed by atoms with Crippen LogP contribution in [-0.2, 0) is 17.8 Å². The van der Waals surface area contributed by atoms with Crippen molar-refractivity contribution in [2.24, 2.45) is 0 Å². The van der Waals surface area contributed by atoms with Crippen LogP contribution in [0.5, 0.6) is 0 Å². The van der Waals surface area contributed by atoms with Crippen molar-refractivity contribution in [3.63, 3.8) is 0 Å². The first kappa shape index (κ1) is 19.3. The number of hydrogen-bond donors (Lipinski definition) is 2. The van der Waals surface area contributed by atoms with Crippen LogP contribution in [-0.4, -0.2) is 58.6 Å². The lowest BCUT2D eigenvalue weighted by Gasteiger charge is -2.20. The smallest absolute Gasteiger partial charge is 0.179 e. The number of imidazole rings is 1. The Labute approximate surface area is 148 Å². The van der Waals surface area contributed by atoms with Crippen LogP contribution < -0.4 is 0 Å². The molecule has 136 valence electrons. The van der Waals surface area contributed by atoms with Crippen molar-refractivity contribution in [2.45, 2.75) is 33.0 Å². The van der Waals surface area contributed by atoms with E-state index in [1.54, 1.807) is 0 Å². The highest BCUT2D eigenvalue weighted by Gasteiger charge is 2.12. The van der Waals surface area contributed by atoms with E-state index in [9.17, 15) is 9.90 Å². The van der Waals surface area contributed by atoms with Crippen LogP contribution in [0.25, 0.3) is 0 Å². The van der Waals surface area contributed by atoms with Gasteiger partial charge in [-0.05, 0) is 19.5 Å². The number of benzene rings is 1. The minimum atomic E-state index is -0.542. The predicted octanol–water partition coefficient (Wildman–Crippen LogP) is 1.97. The number of aliphatic hydroxyl groups excluding tert-OH is 1. The number of aliphatic hydroxyl groups is 1. The number of aromatic nitrogens is 2. The van der Waals surface area contributed by atoms with Gasteiger partial charge in [-0.3, -0.25) is 4.79 Å². The third-order valence-electron chi connectivity index (χ3n) is 3.94. The Bertz CT molecular complexity index is 670. The third-order valence-corrected chi connectivity index (χ3v) is 3.94. The fraction of sp³-hybridized carbons (Fsp3) is 0.474. The lowest BCUT2D eigenvalue weighted by molar-refractivity contribution is 0.0138. The second-order valence-electron chi connectivity index (χ2n) is 6.38. The molecule has 0 bridgehead atoms. The Kier molecular flexibility index (Phi) is 7.31. The molecule has 0 saturated carbocycles. The van der Waals surface area contributed by atoms with Gasteiger partial charge in [0.15, 0.2) is 5.78 Å². The number of aromatic amines is 1. The maximum absolute atomic E-state index is 11.4. The Morgan fingerprint density at radius 2 is 2.08 bits per heavy atom. The lowest BCUT2D eigenvalue weighted by atomic mass is 10.2. The van der Waals surface area contributed by atoms with E-state index in [4.69, 9.17) is 4.74 Å². The number of hydrogen-bond acceptors (Lipinski definition) is 5. The number of likely N-dealkylation sites (N-methyl/N-ethyl adjacent to an activating group) is 1. The molecule has 0 spiro atoms. The first-order valence-corrected chi connectivity index (χ1v) is 8.50. The fourth-order valence-corrected chi connectivity index (χ4v) is 2.67. The highest BCUT2D eigenvalue weighted by molar-refractivity contribution is 5.93. The zero-order valence-corrected chi connectivity index (χ0v) is 15.2. The summed E-state index contributed by atoms with van der Waals surface area (Å²) in [6.45, 7) is 5.43. The normalized spacial score (nSPS) is 12.5. The summed E-state index contributed by atoms with van der Waals surface area (Å²) in [6.07, 6.45) is 0.155. The highest BCUT2D eigenvalue weighted by Crippen LogP contribution is 2.07. The lowest BCUT2D eigenvalue weighted by Crippen LogP contribution is -2.33. The number of rotatable bonds is 10. The van der Waals surface area contributed by atoms with Crippen molar-refractivity contribution in [1.29, 1.82) is 0 Å². The largest absolute Gasteiger partial charge is 0.389 e. The Hall–Kier alpha value is -2.02. The van der Waals surface area contributed by atoms with Gasteiger partial charge in [-0.25, -0.2) is 4.98 Å². The fourth-order valence-electron chi connectivity index (χ4n) is 2.67. The average Bonchev–Trinajstić information content (AvgIpc) is 2.95. The van der Waals surface area contributed by atoms with Crippen molar-refractivity contribution >= 4 is 5.78 Å². The standard InChI is InChI=1S/C19H27N3O3/c1-14-19(15(2)23)21-18(20-14)9-10-22(3)11-17(24)13-25-12-16-7-5-4-6-8-16/h4-8,17,24H,9-13H2,1-3H3,(H,20,21)/t17-/m1/s1. The van der Waals surface area contributed by atoms with Crippen LogP contribution >= 0.6 is 0 Å². The van der Waals surface area contributed by atoms with Gasteiger partial charge in [0, 0.05) is 32.1 Å². The summed E-state index contributed by atoms with van der Waals surface area (Å²) in [7, 11) is 1.95. The molecule has 0 unspecified atom stereocenters. The van der Waals surface area contributed by atoms with Crippen molar-refractivity contribution in [3.8, 4) is 0 Å². The topological polar surface area (TPSA) is 78.5 Å². The second-order valence-corrected chi connectivity index (χ2v) is 6.38. The third kappa shape index (κ3) is 6.42. The van der Waals surface area contributed by atoms with Crippen LogP contribution in [0.1, 0.15) is 34.5 Å². The molecular formula is C19H27N3O3. The molecule has 0 aliphatic heterocycles. The number of nitrogens with one attached hydrogen (secondary N) is 1. The monoisotopic (exact) mass is 345 g/mol. The predicted molar refractivity (Wildman–Crippen MR) is 96.6 cm³/mol. The summed E-state index contributed by atoms with van der Waals surface area (Å²) in [4.78, 5) is 20.9. The van der Waals surface area contributed by atoms with E-state index >= 15 is 0 Å². The molecule has 0 aliphatic carbocycles. The van der Waals surface area contributed by atoms with Gasteiger partial charge in [0.25, 0.3) is 0 Å². The maximum atomic E-state index is 11.4. The van der Waals surface area contributed by atoms with Crippen molar-refractivity contribution in [2.75, 3.05) is 26.7 Å². The molecule has 0 fully saturated rings. The molecule has 0 aliphatic rings. The number of Topliss-reactive ketones (excluding diaryl/α,β-unsaturated/α-hetero) is 1. The summed E-state index contributed by atoms with van der Waals surface area (Å²) >= 11 is 0. The van der Waals surface area contributed by atoms with Gasteiger partial charge in [-0.2, -0.15) is 0 Å². The number of H-pyrrole nitrogens is 1. The van der Waals surface area contributed by atoms with Gasteiger partial charge >= 0.3 is 0 Å². The summed E-state index contributed by atoms with van der Waals surface area (Å²) < 4.78 is 5.56. The molecule has 1 heterocycles. The number of ether oxygens (including phenoxy) is 1. The van der Waals surface area contributed by atoms with Gasteiger partial charge in [0.1, 0.15) is 11.5 Å². The van der Waals surface area contributed by atoms with E-state index < -0.39 is 6.10 Å². The number of nitrogens with zero attached hydrogens (tertiary/aromatic N) is 2. The zero-order chi connectivity index (χ0) is 18.2. The highest BCUT2D eigenvalue weighted by atomic mass is 16.5. The molecule has 2 rings (SSSR count). The molecule has 6 nitrogen and oxygen atoms in total. The molecule has 6 heteroatoms. The van der Waals surface area contributed by atoms with Crippen molar-refractivity contribution in [3.05, 3.63) is 53.1 Å². The number of carbonyl (C=O) groups excluding carboxylic acids is 1. The van der Waals surface area contributed by atoms with Crippen LogP contribution in [0.3, 0.4) is 0 Å². The Balaban J connectivity index is 1.68. The molecule has 0 saturated heterocycles. The van der Waals surface area contributed by atoms with Crippen molar-refractivity contribution < 1.29 is 14.6 Å².